The first-order valence-electron chi connectivity index (χ1n) is 7.50. The van der Waals surface area contributed by atoms with E-state index in [9.17, 15) is 9.90 Å². The fraction of sp³-hybridized carbons (Fsp3) is 0.222. The zero-order chi connectivity index (χ0) is 16.4. The van der Waals surface area contributed by atoms with E-state index in [0.717, 1.165) is 16.6 Å². The maximum absolute atomic E-state index is 11.7. The quantitative estimate of drug-likeness (QED) is 0.779. The molecule has 1 heterocycles. The second-order valence-corrected chi connectivity index (χ2v) is 5.26. The van der Waals surface area contributed by atoms with E-state index in [0.29, 0.717) is 18.0 Å². The number of fused-ring (bicyclic) bond motifs is 1. The molecule has 3 rings (SSSR count). The maximum Gasteiger partial charge on any atom is 0.326 e. The fourth-order valence-electron chi connectivity index (χ4n) is 2.85. The van der Waals surface area contributed by atoms with Gasteiger partial charge >= 0.3 is 5.97 Å². The molecule has 2 aromatic carbocycles. The van der Waals surface area contributed by atoms with Crippen molar-refractivity contribution in [3.05, 3.63) is 48.5 Å². The van der Waals surface area contributed by atoms with Crippen molar-refractivity contribution in [3.8, 4) is 17.1 Å². The Kier molecular flexibility index (Phi) is 4.02. The molecule has 0 saturated carbocycles. The lowest BCUT2D eigenvalue weighted by Gasteiger charge is -2.17. The molecule has 1 N–H and O–H groups in total. The van der Waals surface area contributed by atoms with E-state index in [1.807, 2.05) is 55.5 Å². The maximum atomic E-state index is 11.7. The first-order valence-corrected chi connectivity index (χ1v) is 7.50. The smallest absolute Gasteiger partial charge is 0.326 e. The van der Waals surface area contributed by atoms with Crippen LogP contribution in [0.15, 0.2) is 48.5 Å². The number of carbonyl (C=O) groups is 1. The van der Waals surface area contributed by atoms with Crippen LogP contribution in [0.3, 0.4) is 0 Å². The van der Waals surface area contributed by atoms with Gasteiger partial charge in [-0.1, -0.05) is 31.2 Å². The molecule has 5 heteroatoms. The van der Waals surface area contributed by atoms with Crippen LogP contribution in [0, 0.1) is 0 Å². The van der Waals surface area contributed by atoms with Gasteiger partial charge in [0.15, 0.2) is 0 Å². The minimum Gasteiger partial charge on any atom is -0.496 e. The first kappa shape index (κ1) is 15.1. The summed E-state index contributed by atoms with van der Waals surface area (Å²) in [5.74, 6) is 0.411. The zero-order valence-electron chi connectivity index (χ0n) is 13.1. The number of nitrogens with zero attached hydrogens (tertiary/aromatic N) is 2. The summed E-state index contributed by atoms with van der Waals surface area (Å²) in [7, 11) is 1.60. The summed E-state index contributed by atoms with van der Waals surface area (Å²) in [6, 6.07) is 14.4. The lowest BCUT2D eigenvalue weighted by molar-refractivity contribution is -0.140. The van der Waals surface area contributed by atoms with Crippen molar-refractivity contribution in [3.63, 3.8) is 0 Å². The molecule has 0 radical (unpaired) electrons. The van der Waals surface area contributed by atoms with Crippen LogP contribution >= 0.6 is 0 Å². The average molecular weight is 310 g/mol. The van der Waals surface area contributed by atoms with Gasteiger partial charge in [0.2, 0.25) is 0 Å². The number of hydrogen-bond donors (Lipinski definition) is 1. The van der Waals surface area contributed by atoms with Crippen LogP contribution < -0.4 is 4.74 Å². The highest BCUT2D eigenvalue weighted by Crippen LogP contribution is 2.34. The molecule has 1 atom stereocenters. The lowest BCUT2D eigenvalue weighted by atomic mass is 10.1. The number of carboxylic acids is 1. The fourth-order valence-corrected chi connectivity index (χ4v) is 2.85. The van der Waals surface area contributed by atoms with Gasteiger partial charge in [0.05, 0.1) is 23.7 Å². The molecule has 0 aliphatic carbocycles. The van der Waals surface area contributed by atoms with Crippen molar-refractivity contribution in [1.29, 1.82) is 0 Å². The number of aromatic nitrogens is 2. The summed E-state index contributed by atoms with van der Waals surface area (Å²) in [6.45, 7) is 1.86. The molecule has 0 aliphatic rings. The van der Waals surface area contributed by atoms with Crippen molar-refractivity contribution in [1.82, 2.24) is 9.55 Å². The third-order valence-corrected chi connectivity index (χ3v) is 3.93. The van der Waals surface area contributed by atoms with Crippen LogP contribution in [0.4, 0.5) is 0 Å². The number of rotatable bonds is 5. The average Bonchev–Trinajstić information content (AvgIpc) is 2.94. The summed E-state index contributed by atoms with van der Waals surface area (Å²) in [5.41, 5.74) is 2.36. The molecule has 1 aromatic heterocycles. The van der Waals surface area contributed by atoms with Crippen LogP contribution in [-0.4, -0.2) is 27.7 Å². The Labute approximate surface area is 134 Å². The Morgan fingerprint density at radius 3 is 2.61 bits per heavy atom. The van der Waals surface area contributed by atoms with Gasteiger partial charge in [-0.15, -0.1) is 0 Å². The number of para-hydroxylation sites is 3. The number of benzene rings is 2. The topological polar surface area (TPSA) is 64.3 Å². The minimum absolute atomic E-state index is 0.470. The molecule has 23 heavy (non-hydrogen) atoms. The minimum atomic E-state index is -0.869. The van der Waals surface area contributed by atoms with Crippen molar-refractivity contribution in [2.45, 2.75) is 19.4 Å². The van der Waals surface area contributed by atoms with Gasteiger partial charge in [0.25, 0.3) is 0 Å². The van der Waals surface area contributed by atoms with Crippen molar-refractivity contribution in [2.75, 3.05) is 7.11 Å². The van der Waals surface area contributed by atoms with E-state index in [4.69, 9.17) is 4.74 Å². The third kappa shape index (κ3) is 2.54. The predicted octanol–water partition coefficient (Wildman–Crippen LogP) is 3.75. The van der Waals surface area contributed by atoms with Gasteiger partial charge in [-0.25, -0.2) is 9.78 Å². The van der Waals surface area contributed by atoms with Crippen molar-refractivity contribution < 1.29 is 14.6 Å². The summed E-state index contributed by atoms with van der Waals surface area (Å²) >= 11 is 0. The highest BCUT2D eigenvalue weighted by Gasteiger charge is 2.25. The second-order valence-electron chi connectivity index (χ2n) is 5.26. The van der Waals surface area contributed by atoms with E-state index < -0.39 is 12.0 Å². The van der Waals surface area contributed by atoms with E-state index in [1.165, 1.54) is 0 Å². The molecule has 1 unspecified atom stereocenters. The van der Waals surface area contributed by atoms with Crippen molar-refractivity contribution >= 4 is 17.0 Å². The van der Waals surface area contributed by atoms with Gasteiger partial charge in [-0.3, -0.25) is 0 Å². The van der Waals surface area contributed by atoms with Gasteiger partial charge in [0, 0.05) is 0 Å². The predicted molar refractivity (Wildman–Crippen MR) is 88.7 cm³/mol. The van der Waals surface area contributed by atoms with Crippen LogP contribution in [0.25, 0.3) is 22.4 Å². The molecular weight excluding hydrogens is 292 g/mol. The third-order valence-electron chi connectivity index (χ3n) is 3.93. The molecule has 0 saturated heterocycles. The number of hydrogen-bond acceptors (Lipinski definition) is 3. The van der Waals surface area contributed by atoms with E-state index in [1.54, 1.807) is 11.7 Å². The van der Waals surface area contributed by atoms with Crippen LogP contribution in [0.5, 0.6) is 5.75 Å². The van der Waals surface area contributed by atoms with Gasteiger partial charge in [-0.2, -0.15) is 0 Å². The van der Waals surface area contributed by atoms with Crippen LogP contribution in [0.1, 0.15) is 19.4 Å². The van der Waals surface area contributed by atoms with E-state index in [-0.39, 0.29) is 0 Å². The summed E-state index contributed by atoms with van der Waals surface area (Å²) in [5, 5.41) is 9.62. The number of carboxylic acid groups (broad SMARTS) is 1. The Bertz CT molecular complexity index is 854. The van der Waals surface area contributed by atoms with E-state index >= 15 is 0 Å². The molecule has 118 valence electrons. The summed E-state index contributed by atoms with van der Waals surface area (Å²) < 4.78 is 7.21. The monoisotopic (exact) mass is 310 g/mol. The standard InChI is InChI=1S/C18H18N2O3/c1-3-14(18(21)22)20-15-10-6-5-9-13(15)19-17(20)12-8-4-7-11-16(12)23-2/h4-11,14H,3H2,1-2H3,(H,21,22). The number of aliphatic carboxylic acids is 1. The molecule has 0 aliphatic heterocycles. The lowest BCUT2D eigenvalue weighted by Crippen LogP contribution is -2.19. The molecule has 0 amide bonds. The molecule has 3 aromatic rings. The zero-order valence-corrected chi connectivity index (χ0v) is 13.1. The SMILES string of the molecule is CCC(C(=O)O)n1c(-c2ccccc2OC)nc2ccccc21. The van der Waals surface area contributed by atoms with Crippen LogP contribution in [-0.2, 0) is 4.79 Å². The number of ether oxygens (including phenoxy) is 1. The first-order chi connectivity index (χ1) is 11.2. The van der Waals surface area contributed by atoms with Gasteiger partial charge in [-0.05, 0) is 30.7 Å². The Balaban J connectivity index is 2.34. The summed E-state index contributed by atoms with van der Waals surface area (Å²) in [4.78, 5) is 16.4. The summed E-state index contributed by atoms with van der Waals surface area (Å²) in [6.07, 6.45) is 0.470. The largest absolute Gasteiger partial charge is 0.496 e. The molecule has 0 spiro atoms. The second kappa shape index (κ2) is 6.12. The van der Waals surface area contributed by atoms with Gasteiger partial charge < -0.3 is 14.4 Å². The Morgan fingerprint density at radius 1 is 1.22 bits per heavy atom. The Morgan fingerprint density at radius 2 is 1.91 bits per heavy atom. The van der Waals surface area contributed by atoms with E-state index in [2.05, 4.69) is 4.98 Å². The number of imidazole rings is 1. The highest BCUT2D eigenvalue weighted by atomic mass is 16.5. The van der Waals surface area contributed by atoms with Gasteiger partial charge in [0.1, 0.15) is 17.6 Å². The molecule has 0 fully saturated rings. The normalized spacial score (nSPS) is 12.3. The molecular formula is C18H18N2O3. The van der Waals surface area contributed by atoms with Crippen LogP contribution in [0.2, 0.25) is 0 Å². The molecule has 5 nitrogen and oxygen atoms in total. The highest BCUT2D eigenvalue weighted by molar-refractivity contribution is 5.85. The number of methoxy groups -OCH3 is 1. The molecule has 0 bridgehead atoms. The Hall–Kier alpha value is -2.82. The van der Waals surface area contributed by atoms with Crippen molar-refractivity contribution in [2.24, 2.45) is 0 Å².